The molecule has 0 aliphatic heterocycles. The van der Waals surface area contributed by atoms with Crippen molar-refractivity contribution in [3.8, 4) is 0 Å². The Balaban J connectivity index is 2.27. The molecule has 0 aromatic heterocycles. The average molecular weight is 456 g/mol. The van der Waals surface area contributed by atoms with Gasteiger partial charge in [-0.25, -0.2) is 8.42 Å². The molecule has 0 unspecified atom stereocenters. The molecule has 0 radical (unpaired) electrons. The molecule has 0 heterocycles. The van der Waals surface area contributed by atoms with Crippen molar-refractivity contribution in [1.29, 1.82) is 0 Å². The van der Waals surface area contributed by atoms with E-state index in [4.69, 9.17) is 23.2 Å². The van der Waals surface area contributed by atoms with Crippen LogP contribution in [-0.4, -0.2) is 8.42 Å². The molecule has 2 aromatic carbocycles. The van der Waals surface area contributed by atoms with E-state index >= 15 is 0 Å². The molecule has 7 heteroatoms. The first-order valence-corrected chi connectivity index (χ1v) is 9.47. The van der Waals surface area contributed by atoms with Crippen LogP contribution in [0.25, 0.3) is 0 Å². The van der Waals surface area contributed by atoms with Gasteiger partial charge in [-0.1, -0.05) is 29.3 Å². The summed E-state index contributed by atoms with van der Waals surface area (Å²) in [6.07, 6.45) is 0. The van der Waals surface area contributed by atoms with Crippen molar-refractivity contribution in [2.24, 2.45) is 0 Å². The molecule has 2 aromatic rings. The second-order valence-electron chi connectivity index (χ2n) is 4.52. The van der Waals surface area contributed by atoms with Gasteiger partial charge in [0.2, 0.25) is 10.0 Å². The fraction of sp³-hybridized carbons (Fsp3) is 0.143. The Morgan fingerprint density at radius 2 is 1.76 bits per heavy atom. The van der Waals surface area contributed by atoms with Gasteiger partial charge in [-0.2, -0.15) is 0 Å². The van der Waals surface area contributed by atoms with Gasteiger partial charge in [0.05, 0.1) is 11.4 Å². The van der Waals surface area contributed by atoms with Gasteiger partial charge in [0.1, 0.15) is 0 Å². The summed E-state index contributed by atoms with van der Waals surface area (Å²) in [5.74, 6) is -0.267. The molecule has 0 atom stereocenters. The topological polar surface area (TPSA) is 46.2 Å². The van der Waals surface area contributed by atoms with E-state index in [9.17, 15) is 8.42 Å². The second-order valence-corrected chi connectivity index (χ2v) is 8.30. The van der Waals surface area contributed by atoms with Crippen molar-refractivity contribution >= 4 is 61.5 Å². The molecule has 0 aliphatic carbocycles. The van der Waals surface area contributed by atoms with Crippen LogP contribution in [0.4, 0.5) is 5.69 Å². The van der Waals surface area contributed by atoms with Crippen LogP contribution in [0.1, 0.15) is 11.1 Å². The van der Waals surface area contributed by atoms with Crippen LogP contribution in [0.2, 0.25) is 10.0 Å². The summed E-state index contributed by atoms with van der Waals surface area (Å²) in [6.45, 7) is 1.85. The van der Waals surface area contributed by atoms with E-state index in [2.05, 4.69) is 27.3 Å². The molecule has 21 heavy (non-hydrogen) atoms. The number of halogens is 3. The molecule has 0 amide bonds. The minimum absolute atomic E-state index is 0.267. The van der Waals surface area contributed by atoms with Crippen molar-refractivity contribution < 1.29 is 8.42 Å². The standard InChI is InChI=1S/C14H12Cl2INO2S/c1-9-7-10(17)5-6-14(9)18-21(19,20)8-11-12(15)3-2-4-13(11)16/h2-7,18H,8H2,1H3. The summed E-state index contributed by atoms with van der Waals surface area (Å²) in [5, 5.41) is 0.680. The summed E-state index contributed by atoms with van der Waals surface area (Å²) < 4.78 is 28.2. The summed E-state index contributed by atoms with van der Waals surface area (Å²) >= 11 is 14.2. The lowest BCUT2D eigenvalue weighted by molar-refractivity contribution is 0.600. The highest BCUT2D eigenvalue weighted by Gasteiger charge is 2.17. The van der Waals surface area contributed by atoms with Crippen LogP contribution >= 0.6 is 45.8 Å². The zero-order chi connectivity index (χ0) is 15.6. The number of hydrogen-bond acceptors (Lipinski definition) is 2. The van der Waals surface area contributed by atoms with Crippen molar-refractivity contribution in [2.75, 3.05) is 4.72 Å². The SMILES string of the molecule is Cc1cc(I)ccc1NS(=O)(=O)Cc1c(Cl)cccc1Cl. The Morgan fingerprint density at radius 1 is 1.14 bits per heavy atom. The molecular weight excluding hydrogens is 444 g/mol. The minimum Gasteiger partial charge on any atom is -0.283 e. The maximum absolute atomic E-state index is 12.3. The Morgan fingerprint density at radius 3 is 2.33 bits per heavy atom. The van der Waals surface area contributed by atoms with Crippen LogP contribution < -0.4 is 4.72 Å². The van der Waals surface area contributed by atoms with E-state index in [1.807, 2.05) is 19.1 Å². The Labute approximate surface area is 147 Å². The molecule has 112 valence electrons. The van der Waals surface area contributed by atoms with E-state index < -0.39 is 10.0 Å². The molecule has 0 saturated heterocycles. The normalized spacial score (nSPS) is 11.4. The van der Waals surface area contributed by atoms with E-state index in [-0.39, 0.29) is 5.75 Å². The highest BCUT2D eigenvalue weighted by molar-refractivity contribution is 14.1. The largest absolute Gasteiger partial charge is 0.283 e. The first-order chi connectivity index (χ1) is 9.78. The maximum atomic E-state index is 12.3. The van der Waals surface area contributed by atoms with Crippen molar-refractivity contribution in [2.45, 2.75) is 12.7 Å². The number of aryl methyl sites for hydroxylation is 1. The van der Waals surface area contributed by atoms with Gasteiger partial charge in [-0.15, -0.1) is 0 Å². The van der Waals surface area contributed by atoms with Gasteiger partial charge in [0.15, 0.2) is 0 Å². The van der Waals surface area contributed by atoms with Gasteiger partial charge in [-0.05, 0) is 65.4 Å². The van der Waals surface area contributed by atoms with E-state index in [1.165, 1.54) is 0 Å². The lowest BCUT2D eigenvalue weighted by atomic mass is 10.2. The summed E-state index contributed by atoms with van der Waals surface area (Å²) in [5.41, 5.74) is 1.81. The van der Waals surface area contributed by atoms with Gasteiger partial charge in [0, 0.05) is 19.2 Å². The van der Waals surface area contributed by atoms with E-state index in [0.717, 1.165) is 9.13 Å². The number of rotatable bonds is 4. The lowest BCUT2D eigenvalue weighted by Crippen LogP contribution is -2.16. The van der Waals surface area contributed by atoms with Gasteiger partial charge in [-0.3, -0.25) is 4.72 Å². The van der Waals surface area contributed by atoms with Gasteiger partial charge in [0.25, 0.3) is 0 Å². The minimum atomic E-state index is -3.59. The predicted octanol–water partition coefficient (Wildman–Crippen LogP) is 4.85. The Kier molecular flexibility index (Phi) is 5.40. The summed E-state index contributed by atoms with van der Waals surface area (Å²) in [7, 11) is -3.59. The molecular formula is C14H12Cl2INO2S. The first kappa shape index (κ1) is 16.9. The first-order valence-electron chi connectivity index (χ1n) is 5.98. The molecule has 0 saturated carbocycles. The van der Waals surface area contributed by atoms with Crippen LogP contribution in [0.15, 0.2) is 36.4 Å². The van der Waals surface area contributed by atoms with Crippen LogP contribution in [0, 0.1) is 10.5 Å². The highest BCUT2D eigenvalue weighted by Crippen LogP contribution is 2.27. The maximum Gasteiger partial charge on any atom is 0.237 e. The zero-order valence-corrected chi connectivity index (χ0v) is 15.5. The zero-order valence-electron chi connectivity index (χ0n) is 11.0. The molecule has 0 spiro atoms. The molecule has 2 rings (SSSR count). The third-order valence-corrected chi connectivity index (χ3v) is 5.43. The van der Waals surface area contributed by atoms with Crippen LogP contribution in [0.3, 0.4) is 0 Å². The number of benzene rings is 2. The fourth-order valence-corrected chi connectivity index (χ4v) is 4.47. The highest BCUT2D eigenvalue weighted by atomic mass is 127. The van der Waals surface area contributed by atoms with Crippen molar-refractivity contribution in [3.63, 3.8) is 0 Å². The molecule has 0 fully saturated rings. The average Bonchev–Trinajstić information content (AvgIpc) is 2.37. The van der Waals surface area contributed by atoms with Crippen molar-refractivity contribution in [3.05, 3.63) is 61.1 Å². The molecule has 3 nitrogen and oxygen atoms in total. The Hall–Kier alpha value is -0.500. The monoisotopic (exact) mass is 455 g/mol. The third-order valence-electron chi connectivity index (χ3n) is 2.85. The van der Waals surface area contributed by atoms with Gasteiger partial charge < -0.3 is 0 Å². The number of hydrogen-bond donors (Lipinski definition) is 1. The van der Waals surface area contributed by atoms with Crippen LogP contribution in [0.5, 0.6) is 0 Å². The summed E-state index contributed by atoms with van der Waals surface area (Å²) in [6, 6.07) is 10.4. The van der Waals surface area contributed by atoms with E-state index in [1.54, 1.807) is 24.3 Å². The predicted molar refractivity (Wildman–Crippen MR) is 96.6 cm³/mol. The van der Waals surface area contributed by atoms with Crippen LogP contribution in [-0.2, 0) is 15.8 Å². The second kappa shape index (κ2) is 6.73. The summed E-state index contributed by atoms with van der Waals surface area (Å²) in [4.78, 5) is 0. The van der Waals surface area contributed by atoms with Gasteiger partial charge >= 0.3 is 0 Å². The number of nitrogens with one attached hydrogen (secondary N) is 1. The van der Waals surface area contributed by atoms with E-state index in [0.29, 0.717) is 21.3 Å². The number of anilines is 1. The molecule has 0 aliphatic rings. The molecule has 0 bridgehead atoms. The Bertz CT molecular complexity index is 758. The lowest BCUT2D eigenvalue weighted by Gasteiger charge is -2.12. The quantitative estimate of drug-likeness (QED) is 0.670. The third kappa shape index (κ3) is 4.48. The number of sulfonamides is 1. The van der Waals surface area contributed by atoms with Crippen molar-refractivity contribution in [1.82, 2.24) is 0 Å². The molecule has 1 N–H and O–H groups in total. The fourth-order valence-electron chi connectivity index (χ4n) is 1.81. The smallest absolute Gasteiger partial charge is 0.237 e.